The maximum absolute atomic E-state index is 13.1. The topological polar surface area (TPSA) is 85.1 Å². The number of sulfonamides is 1. The number of anilines is 1. The number of benzene rings is 1. The predicted octanol–water partition coefficient (Wildman–Crippen LogP) is 3.05. The molecule has 0 saturated carbocycles. The third-order valence-corrected chi connectivity index (χ3v) is 5.29. The van der Waals surface area contributed by atoms with Crippen LogP contribution in [0.3, 0.4) is 0 Å². The summed E-state index contributed by atoms with van der Waals surface area (Å²) in [7, 11) is -3.86. The molecule has 1 aromatic carbocycles. The monoisotopic (exact) mass is 339 g/mol. The third-order valence-electron chi connectivity index (χ3n) is 2.81. The normalized spacial score (nSPS) is 11.5. The summed E-state index contributed by atoms with van der Waals surface area (Å²) in [4.78, 5) is -0.0105. The van der Waals surface area contributed by atoms with E-state index in [4.69, 9.17) is 4.42 Å². The van der Waals surface area contributed by atoms with Gasteiger partial charge in [-0.3, -0.25) is 4.72 Å². The molecule has 6 nitrogen and oxygen atoms in total. The van der Waals surface area contributed by atoms with E-state index in [1.165, 1.54) is 19.3 Å². The van der Waals surface area contributed by atoms with Crippen molar-refractivity contribution in [2.75, 3.05) is 4.72 Å². The van der Waals surface area contributed by atoms with E-state index < -0.39 is 15.8 Å². The minimum absolute atomic E-state index is 0.0105. The van der Waals surface area contributed by atoms with Gasteiger partial charge in [-0.15, -0.1) is 10.2 Å². The van der Waals surface area contributed by atoms with Crippen LogP contribution >= 0.6 is 11.3 Å². The van der Waals surface area contributed by atoms with E-state index in [1.54, 1.807) is 12.1 Å². The number of rotatable bonds is 4. The molecule has 1 N–H and O–H groups in total. The van der Waals surface area contributed by atoms with Crippen molar-refractivity contribution in [1.82, 2.24) is 10.2 Å². The zero-order valence-electron chi connectivity index (χ0n) is 11.3. The van der Waals surface area contributed by atoms with E-state index in [0.717, 1.165) is 23.5 Å². The zero-order valence-corrected chi connectivity index (χ0v) is 12.9. The van der Waals surface area contributed by atoms with Crippen LogP contribution in [0, 0.1) is 12.7 Å². The van der Waals surface area contributed by atoms with Gasteiger partial charge in [0.25, 0.3) is 10.0 Å². The number of aromatic nitrogens is 2. The summed E-state index contributed by atoms with van der Waals surface area (Å²) in [6.45, 7) is 1.52. The highest BCUT2D eigenvalue weighted by Crippen LogP contribution is 2.28. The first-order valence-electron chi connectivity index (χ1n) is 6.12. The molecule has 0 bridgehead atoms. The highest BCUT2D eigenvalue weighted by molar-refractivity contribution is 7.93. The van der Waals surface area contributed by atoms with Crippen molar-refractivity contribution in [3.63, 3.8) is 0 Å². The number of aryl methyl sites for hydroxylation is 1. The highest BCUT2D eigenvalue weighted by atomic mass is 32.2. The molecule has 0 spiro atoms. The summed E-state index contributed by atoms with van der Waals surface area (Å²) in [6, 6.07) is 6.85. The lowest BCUT2D eigenvalue weighted by Crippen LogP contribution is -2.14. The van der Waals surface area contributed by atoms with Crippen molar-refractivity contribution in [1.29, 1.82) is 0 Å². The van der Waals surface area contributed by atoms with Crippen molar-refractivity contribution in [2.24, 2.45) is 0 Å². The van der Waals surface area contributed by atoms with E-state index in [9.17, 15) is 12.8 Å². The van der Waals surface area contributed by atoms with Crippen LogP contribution in [0.25, 0.3) is 10.8 Å². The van der Waals surface area contributed by atoms with Gasteiger partial charge < -0.3 is 4.42 Å². The molecule has 114 valence electrons. The lowest BCUT2D eigenvalue weighted by Gasteiger charge is -2.07. The van der Waals surface area contributed by atoms with Gasteiger partial charge in [0.2, 0.25) is 5.13 Å². The lowest BCUT2D eigenvalue weighted by molar-refractivity contribution is 0.581. The standard InChI is InChI=1S/C13H10FN3O3S2/c1-8-7-9(14)4-5-11(8)22(18,19)17-13-16-15-12(21-13)10-3-2-6-20-10/h2-7H,1H3,(H,16,17). The maximum Gasteiger partial charge on any atom is 0.263 e. The number of hydrogen-bond acceptors (Lipinski definition) is 6. The second-order valence-electron chi connectivity index (χ2n) is 4.40. The molecule has 0 amide bonds. The Balaban J connectivity index is 1.89. The Bertz CT molecular complexity index is 905. The van der Waals surface area contributed by atoms with Gasteiger partial charge in [-0.2, -0.15) is 0 Å². The fraction of sp³-hybridized carbons (Fsp3) is 0.0769. The highest BCUT2D eigenvalue weighted by Gasteiger charge is 2.20. The smallest absolute Gasteiger partial charge is 0.263 e. The number of nitrogens with one attached hydrogen (secondary N) is 1. The molecule has 9 heteroatoms. The molecule has 22 heavy (non-hydrogen) atoms. The molecular formula is C13H10FN3O3S2. The van der Waals surface area contributed by atoms with Gasteiger partial charge in [-0.05, 0) is 42.8 Å². The van der Waals surface area contributed by atoms with Crippen LogP contribution in [0.5, 0.6) is 0 Å². The van der Waals surface area contributed by atoms with Crippen LogP contribution in [0.2, 0.25) is 0 Å². The second-order valence-corrected chi connectivity index (χ2v) is 7.03. The fourth-order valence-electron chi connectivity index (χ4n) is 1.85. The second kappa shape index (κ2) is 5.50. The number of furan rings is 1. The quantitative estimate of drug-likeness (QED) is 0.789. The summed E-state index contributed by atoms with van der Waals surface area (Å²) < 4.78 is 45.2. The lowest BCUT2D eigenvalue weighted by atomic mass is 10.2. The number of nitrogens with zero attached hydrogens (tertiary/aromatic N) is 2. The van der Waals surface area contributed by atoms with Gasteiger partial charge in [0.15, 0.2) is 10.8 Å². The Morgan fingerprint density at radius 2 is 2.09 bits per heavy atom. The van der Waals surface area contributed by atoms with Gasteiger partial charge in [0.1, 0.15) is 5.82 Å². The van der Waals surface area contributed by atoms with Gasteiger partial charge in [0.05, 0.1) is 11.2 Å². The van der Waals surface area contributed by atoms with Crippen LogP contribution in [0.15, 0.2) is 45.9 Å². The van der Waals surface area contributed by atoms with E-state index in [1.807, 2.05) is 0 Å². The van der Waals surface area contributed by atoms with Gasteiger partial charge >= 0.3 is 0 Å². The molecule has 0 saturated heterocycles. The molecular weight excluding hydrogens is 329 g/mol. The molecule has 0 aliphatic carbocycles. The van der Waals surface area contributed by atoms with Crippen LogP contribution in [-0.2, 0) is 10.0 Å². The first-order chi connectivity index (χ1) is 10.5. The van der Waals surface area contributed by atoms with Crippen LogP contribution in [0.4, 0.5) is 9.52 Å². The molecule has 2 heterocycles. The predicted molar refractivity (Wildman–Crippen MR) is 79.6 cm³/mol. The average Bonchev–Trinajstić information content (AvgIpc) is 3.07. The molecule has 0 unspecified atom stereocenters. The zero-order chi connectivity index (χ0) is 15.7. The summed E-state index contributed by atoms with van der Waals surface area (Å²) in [5, 5.41) is 8.20. The molecule has 2 aromatic heterocycles. The molecule has 3 rings (SSSR count). The Morgan fingerprint density at radius 1 is 1.27 bits per heavy atom. The summed E-state index contributed by atoms with van der Waals surface area (Å²) in [5.74, 6) is 0.00776. The summed E-state index contributed by atoms with van der Waals surface area (Å²) in [5.41, 5.74) is 0.309. The van der Waals surface area contributed by atoms with Gasteiger partial charge in [0, 0.05) is 0 Å². The largest absolute Gasteiger partial charge is 0.462 e. The average molecular weight is 339 g/mol. The van der Waals surface area contributed by atoms with Crippen LogP contribution < -0.4 is 4.72 Å². The van der Waals surface area contributed by atoms with Gasteiger partial charge in [-0.25, -0.2) is 12.8 Å². The maximum atomic E-state index is 13.1. The van der Waals surface area contributed by atoms with Crippen molar-refractivity contribution in [3.05, 3.63) is 48.0 Å². The molecule has 0 atom stereocenters. The number of halogens is 1. The van der Waals surface area contributed by atoms with Crippen molar-refractivity contribution in [2.45, 2.75) is 11.8 Å². The molecule has 0 aliphatic rings. The van der Waals surface area contributed by atoms with Gasteiger partial charge in [-0.1, -0.05) is 11.3 Å². The summed E-state index contributed by atoms with van der Waals surface area (Å²) >= 11 is 1.04. The third kappa shape index (κ3) is 2.85. The Labute approximate surface area is 129 Å². The van der Waals surface area contributed by atoms with Crippen molar-refractivity contribution in [3.8, 4) is 10.8 Å². The van der Waals surface area contributed by atoms with Crippen molar-refractivity contribution >= 4 is 26.5 Å². The van der Waals surface area contributed by atoms with E-state index in [-0.39, 0.29) is 10.0 Å². The Hall–Kier alpha value is -2.26. The van der Waals surface area contributed by atoms with E-state index in [2.05, 4.69) is 14.9 Å². The first-order valence-corrected chi connectivity index (χ1v) is 8.42. The Kier molecular flexibility index (Phi) is 3.67. The van der Waals surface area contributed by atoms with E-state index >= 15 is 0 Å². The number of hydrogen-bond donors (Lipinski definition) is 1. The Morgan fingerprint density at radius 3 is 2.77 bits per heavy atom. The molecule has 0 fully saturated rings. The van der Waals surface area contributed by atoms with E-state index in [0.29, 0.717) is 16.3 Å². The molecule has 3 aromatic rings. The molecule has 0 radical (unpaired) electrons. The van der Waals surface area contributed by atoms with Crippen LogP contribution in [0.1, 0.15) is 5.56 Å². The fourth-order valence-corrected chi connectivity index (χ4v) is 4.02. The minimum Gasteiger partial charge on any atom is -0.462 e. The first kappa shape index (κ1) is 14.7. The summed E-state index contributed by atoms with van der Waals surface area (Å²) in [6.07, 6.45) is 1.49. The minimum atomic E-state index is -3.86. The SMILES string of the molecule is Cc1cc(F)ccc1S(=O)(=O)Nc1nnc(-c2ccco2)s1. The van der Waals surface area contributed by atoms with Crippen molar-refractivity contribution < 1.29 is 17.2 Å². The molecule has 0 aliphatic heterocycles. The van der Waals surface area contributed by atoms with Crippen LogP contribution in [-0.4, -0.2) is 18.6 Å².